The van der Waals surface area contributed by atoms with Gasteiger partial charge in [-0.2, -0.15) is 15.1 Å². The van der Waals surface area contributed by atoms with Gasteiger partial charge >= 0.3 is 0 Å². The number of thiazole rings is 1. The van der Waals surface area contributed by atoms with Crippen molar-refractivity contribution < 1.29 is 0 Å². The smallest absolute Gasteiger partial charge is 0.241 e. The molecule has 0 fully saturated rings. The number of nitrogens with two attached hydrogens (primary N) is 1. The number of nitrogens with zero attached hydrogens (tertiary/aromatic N) is 4. The van der Waals surface area contributed by atoms with Crippen LogP contribution < -0.4 is 16.6 Å². The molecule has 0 saturated heterocycles. The standard InChI is InChI=1S/C10H12N8S/c1-5-2-12-7(19-5)4-13-8-6-3-14-18-9(6)16-10(15-8)17-11/h2-3H,4,11H2,1H3,(H3,13,14,15,16,17,18). The van der Waals surface area contributed by atoms with Gasteiger partial charge in [0.05, 0.1) is 18.1 Å². The minimum absolute atomic E-state index is 0.328. The molecule has 0 unspecified atom stereocenters. The van der Waals surface area contributed by atoms with E-state index < -0.39 is 0 Å². The number of nitrogen functional groups attached to an aromatic ring is 1. The molecule has 9 heteroatoms. The molecule has 3 aromatic heterocycles. The number of rotatable bonds is 4. The fourth-order valence-electron chi connectivity index (χ4n) is 1.68. The van der Waals surface area contributed by atoms with Crippen LogP contribution in [0.25, 0.3) is 11.0 Å². The maximum atomic E-state index is 5.34. The summed E-state index contributed by atoms with van der Waals surface area (Å²) in [6.07, 6.45) is 3.52. The molecular weight excluding hydrogens is 264 g/mol. The van der Waals surface area contributed by atoms with Crippen molar-refractivity contribution in [1.29, 1.82) is 0 Å². The van der Waals surface area contributed by atoms with E-state index in [1.807, 2.05) is 13.1 Å². The van der Waals surface area contributed by atoms with E-state index in [1.54, 1.807) is 17.5 Å². The van der Waals surface area contributed by atoms with Crippen molar-refractivity contribution in [3.05, 3.63) is 22.3 Å². The van der Waals surface area contributed by atoms with Crippen molar-refractivity contribution in [3.63, 3.8) is 0 Å². The normalized spacial score (nSPS) is 10.8. The molecule has 98 valence electrons. The van der Waals surface area contributed by atoms with Crippen LogP contribution in [0.1, 0.15) is 9.88 Å². The maximum absolute atomic E-state index is 5.34. The van der Waals surface area contributed by atoms with Crippen LogP contribution in [0.4, 0.5) is 11.8 Å². The lowest BCUT2D eigenvalue weighted by atomic mass is 10.4. The number of hydrazine groups is 1. The minimum atomic E-state index is 0.328. The molecule has 0 amide bonds. The van der Waals surface area contributed by atoms with Crippen molar-refractivity contribution in [2.24, 2.45) is 5.84 Å². The van der Waals surface area contributed by atoms with E-state index in [2.05, 4.69) is 35.9 Å². The Hall–Kier alpha value is -2.26. The number of aromatic amines is 1. The molecule has 0 atom stereocenters. The fraction of sp³-hybridized carbons (Fsp3) is 0.200. The first-order valence-corrected chi connectivity index (χ1v) is 6.41. The number of fused-ring (bicyclic) bond motifs is 1. The van der Waals surface area contributed by atoms with Crippen LogP contribution in [0, 0.1) is 6.92 Å². The van der Waals surface area contributed by atoms with Crippen molar-refractivity contribution in [1.82, 2.24) is 25.1 Å². The van der Waals surface area contributed by atoms with Gasteiger partial charge in [0.15, 0.2) is 5.65 Å². The van der Waals surface area contributed by atoms with E-state index in [-0.39, 0.29) is 0 Å². The fourth-order valence-corrected chi connectivity index (χ4v) is 2.40. The maximum Gasteiger partial charge on any atom is 0.241 e. The highest BCUT2D eigenvalue weighted by molar-refractivity contribution is 7.11. The Kier molecular flexibility index (Phi) is 2.97. The third kappa shape index (κ3) is 2.33. The molecule has 0 saturated carbocycles. The van der Waals surface area contributed by atoms with E-state index >= 15 is 0 Å². The van der Waals surface area contributed by atoms with E-state index in [4.69, 9.17) is 5.84 Å². The zero-order valence-corrected chi connectivity index (χ0v) is 11.0. The summed E-state index contributed by atoms with van der Waals surface area (Å²) in [7, 11) is 0. The highest BCUT2D eigenvalue weighted by Gasteiger charge is 2.09. The Morgan fingerprint density at radius 1 is 1.37 bits per heavy atom. The molecular formula is C10H12N8S. The van der Waals surface area contributed by atoms with Gasteiger partial charge in [-0.1, -0.05) is 0 Å². The topological polar surface area (TPSA) is 117 Å². The lowest BCUT2D eigenvalue weighted by molar-refractivity contribution is 1.06. The average molecular weight is 276 g/mol. The number of hydrogen-bond donors (Lipinski definition) is 4. The lowest BCUT2D eigenvalue weighted by Crippen LogP contribution is -2.12. The van der Waals surface area contributed by atoms with Crippen LogP contribution in [-0.2, 0) is 6.54 Å². The minimum Gasteiger partial charge on any atom is -0.363 e. The first-order chi connectivity index (χ1) is 9.26. The van der Waals surface area contributed by atoms with Gasteiger partial charge in [0, 0.05) is 11.1 Å². The average Bonchev–Trinajstić information content (AvgIpc) is 3.04. The second kappa shape index (κ2) is 4.78. The van der Waals surface area contributed by atoms with Gasteiger partial charge in [0.1, 0.15) is 10.8 Å². The van der Waals surface area contributed by atoms with Crippen LogP contribution in [0.2, 0.25) is 0 Å². The first kappa shape index (κ1) is 11.8. The number of hydrogen-bond acceptors (Lipinski definition) is 8. The molecule has 19 heavy (non-hydrogen) atoms. The lowest BCUT2D eigenvalue weighted by Gasteiger charge is -2.06. The summed E-state index contributed by atoms with van der Waals surface area (Å²) in [5.41, 5.74) is 3.05. The summed E-state index contributed by atoms with van der Waals surface area (Å²) in [4.78, 5) is 13.9. The van der Waals surface area contributed by atoms with Gasteiger partial charge in [0.25, 0.3) is 0 Å². The molecule has 0 spiro atoms. The Bertz CT molecular complexity index is 702. The summed E-state index contributed by atoms with van der Waals surface area (Å²) in [5, 5.41) is 11.8. The zero-order valence-electron chi connectivity index (χ0n) is 10.1. The predicted octanol–water partition coefficient (Wildman–Crippen LogP) is 1.02. The first-order valence-electron chi connectivity index (χ1n) is 5.59. The highest BCUT2D eigenvalue weighted by atomic mass is 32.1. The SMILES string of the molecule is Cc1cnc(CNc2nc(NN)nc3[nH]ncc23)s1. The van der Waals surface area contributed by atoms with Crippen LogP contribution in [0.15, 0.2) is 12.4 Å². The molecule has 0 radical (unpaired) electrons. The van der Waals surface area contributed by atoms with Gasteiger partial charge in [0.2, 0.25) is 5.95 Å². The summed E-state index contributed by atoms with van der Waals surface area (Å²) in [5.74, 6) is 6.34. The predicted molar refractivity (Wildman–Crippen MR) is 73.7 cm³/mol. The van der Waals surface area contributed by atoms with Crippen LogP contribution in [0.5, 0.6) is 0 Å². The number of anilines is 2. The number of aryl methyl sites for hydroxylation is 1. The molecule has 0 bridgehead atoms. The van der Waals surface area contributed by atoms with Crippen molar-refractivity contribution in [2.45, 2.75) is 13.5 Å². The molecule has 3 rings (SSSR count). The largest absolute Gasteiger partial charge is 0.363 e. The Morgan fingerprint density at radius 3 is 3.00 bits per heavy atom. The monoisotopic (exact) mass is 276 g/mol. The van der Waals surface area contributed by atoms with Crippen LogP contribution >= 0.6 is 11.3 Å². The number of nitrogens with one attached hydrogen (secondary N) is 3. The third-order valence-corrected chi connectivity index (χ3v) is 3.43. The van der Waals surface area contributed by atoms with Crippen LogP contribution in [0.3, 0.4) is 0 Å². The van der Waals surface area contributed by atoms with Gasteiger partial charge < -0.3 is 5.32 Å². The summed E-state index contributed by atoms with van der Waals surface area (Å²) in [6, 6.07) is 0. The number of aromatic nitrogens is 5. The molecule has 8 nitrogen and oxygen atoms in total. The Balaban J connectivity index is 1.88. The molecule has 0 aliphatic carbocycles. The van der Waals surface area contributed by atoms with E-state index in [0.717, 1.165) is 10.4 Å². The Morgan fingerprint density at radius 2 is 2.26 bits per heavy atom. The second-order valence-corrected chi connectivity index (χ2v) is 5.21. The van der Waals surface area contributed by atoms with E-state index in [1.165, 1.54) is 4.88 Å². The van der Waals surface area contributed by atoms with Gasteiger partial charge in [-0.15, -0.1) is 11.3 Å². The molecule has 0 aliphatic heterocycles. The summed E-state index contributed by atoms with van der Waals surface area (Å²) < 4.78 is 0. The second-order valence-electron chi connectivity index (χ2n) is 3.89. The Labute approximate surface area is 112 Å². The van der Waals surface area contributed by atoms with Crippen molar-refractivity contribution in [3.8, 4) is 0 Å². The zero-order chi connectivity index (χ0) is 13.2. The van der Waals surface area contributed by atoms with Gasteiger partial charge in [-0.05, 0) is 6.92 Å². The van der Waals surface area contributed by atoms with Crippen molar-refractivity contribution in [2.75, 3.05) is 10.7 Å². The molecule has 3 aromatic rings. The third-order valence-electron chi connectivity index (χ3n) is 2.52. The van der Waals surface area contributed by atoms with Gasteiger partial charge in [-0.25, -0.2) is 10.8 Å². The molecule has 0 aliphatic rings. The summed E-state index contributed by atoms with van der Waals surface area (Å²) >= 11 is 1.64. The molecule has 5 N–H and O–H groups in total. The van der Waals surface area contributed by atoms with Crippen LogP contribution in [-0.4, -0.2) is 25.1 Å². The molecule has 3 heterocycles. The quantitative estimate of drug-likeness (QED) is 0.415. The highest BCUT2D eigenvalue weighted by Crippen LogP contribution is 2.21. The summed E-state index contributed by atoms with van der Waals surface area (Å²) in [6.45, 7) is 2.62. The van der Waals surface area contributed by atoms with E-state index in [9.17, 15) is 0 Å². The molecule has 0 aromatic carbocycles. The van der Waals surface area contributed by atoms with Gasteiger partial charge in [-0.3, -0.25) is 10.5 Å². The van der Waals surface area contributed by atoms with E-state index in [0.29, 0.717) is 24.0 Å². The van der Waals surface area contributed by atoms with Crippen molar-refractivity contribution >= 4 is 34.1 Å². The number of H-pyrrole nitrogens is 1.